The van der Waals surface area contributed by atoms with Crippen LogP contribution in [0.2, 0.25) is 0 Å². The molecule has 1 unspecified atom stereocenters. The van der Waals surface area contributed by atoms with Gasteiger partial charge in [0.15, 0.2) is 5.52 Å². The van der Waals surface area contributed by atoms with Gasteiger partial charge < -0.3 is 10.1 Å². The van der Waals surface area contributed by atoms with Gasteiger partial charge in [-0.15, -0.1) is 0 Å². The maximum absolute atomic E-state index is 13.2. The molecule has 1 aliphatic heterocycles. The summed E-state index contributed by atoms with van der Waals surface area (Å²) in [4.78, 5) is 28.1. The third kappa shape index (κ3) is 4.24. The second kappa shape index (κ2) is 8.99. The number of nitrogens with one attached hydrogen (secondary N) is 1. The van der Waals surface area contributed by atoms with Crippen LogP contribution in [0.1, 0.15) is 24.4 Å². The lowest BCUT2D eigenvalue weighted by molar-refractivity contribution is -0.124. The van der Waals surface area contributed by atoms with Gasteiger partial charge in [0.25, 0.3) is 5.56 Å². The average Bonchev–Trinajstić information content (AvgIpc) is 3.15. The molecule has 1 aliphatic rings. The van der Waals surface area contributed by atoms with Gasteiger partial charge in [-0.25, -0.2) is 9.36 Å². The first-order chi connectivity index (χ1) is 15.0. The smallest absolute Gasteiger partial charge is 0.295 e. The van der Waals surface area contributed by atoms with Gasteiger partial charge in [0, 0.05) is 26.2 Å². The summed E-state index contributed by atoms with van der Waals surface area (Å²) in [6, 6.07) is 8.92. The fraction of sp³-hybridized carbons (Fsp3) is 0.455. The van der Waals surface area contributed by atoms with Crippen molar-refractivity contribution < 1.29 is 9.53 Å². The first-order valence-electron chi connectivity index (χ1n) is 10.6. The highest BCUT2D eigenvalue weighted by Gasteiger charge is 2.23. The summed E-state index contributed by atoms with van der Waals surface area (Å²) in [6.45, 7) is 9.88. The zero-order valence-corrected chi connectivity index (χ0v) is 18.2. The number of morpholine rings is 1. The quantitative estimate of drug-likeness (QED) is 0.639. The van der Waals surface area contributed by atoms with E-state index in [-0.39, 0.29) is 11.5 Å². The predicted octanol–water partition coefficient (Wildman–Crippen LogP) is 1.21. The van der Waals surface area contributed by atoms with Crippen molar-refractivity contribution in [3.63, 3.8) is 0 Å². The lowest BCUT2D eigenvalue weighted by atomic mass is 10.2. The number of amides is 1. The van der Waals surface area contributed by atoms with Crippen LogP contribution < -0.4 is 10.9 Å². The lowest BCUT2D eigenvalue weighted by Crippen LogP contribution is -2.43. The van der Waals surface area contributed by atoms with Crippen molar-refractivity contribution in [1.82, 2.24) is 29.8 Å². The molecule has 2 aromatic heterocycles. The molecule has 0 radical (unpaired) electrons. The highest BCUT2D eigenvalue weighted by molar-refractivity contribution is 5.84. The summed E-state index contributed by atoms with van der Waals surface area (Å²) in [6.07, 6.45) is 0. The molecule has 4 rings (SSSR count). The lowest BCUT2D eigenvalue weighted by Gasteiger charge is -2.26. The normalized spacial score (nSPS) is 15.8. The van der Waals surface area contributed by atoms with Gasteiger partial charge in [0.05, 0.1) is 35.7 Å². The number of rotatable bonds is 6. The Kier molecular flexibility index (Phi) is 6.15. The van der Waals surface area contributed by atoms with E-state index in [0.717, 1.165) is 49.6 Å². The summed E-state index contributed by atoms with van der Waals surface area (Å²) < 4.78 is 8.33. The number of aromatic nitrogens is 4. The molecule has 9 heteroatoms. The van der Waals surface area contributed by atoms with Crippen LogP contribution in [-0.4, -0.2) is 69.8 Å². The Hall–Kier alpha value is -3.04. The average molecular weight is 425 g/mol. The summed E-state index contributed by atoms with van der Waals surface area (Å²) in [5.41, 5.74) is 2.34. The zero-order valence-electron chi connectivity index (χ0n) is 18.2. The molecule has 1 amide bonds. The van der Waals surface area contributed by atoms with Crippen LogP contribution in [0.5, 0.6) is 0 Å². The first-order valence-corrected chi connectivity index (χ1v) is 10.6. The van der Waals surface area contributed by atoms with E-state index in [4.69, 9.17) is 4.74 Å². The van der Waals surface area contributed by atoms with Crippen LogP contribution in [0.25, 0.3) is 16.6 Å². The standard InChI is InChI=1S/C22H28N6O3/c1-15-19-16(2)27(18-7-5-4-6-8-18)25-20(19)22(30)28(24-15)17(3)21(29)23-9-10-26-11-13-31-14-12-26/h4-8,17H,9-14H2,1-3H3,(H,23,29). The van der Waals surface area contributed by atoms with Crippen LogP contribution in [0.3, 0.4) is 0 Å². The fourth-order valence-corrected chi connectivity index (χ4v) is 3.95. The van der Waals surface area contributed by atoms with E-state index in [1.54, 1.807) is 11.6 Å². The number of hydrogen-bond acceptors (Lipinski definition) is 6. The minimum atomic E-state index is -0.734. The van der Waals surface area contributed by atoms with E-state index in [0.29, 0.717) is 17.8 Å². The van der Waals surface area contributed by atoms with Gasteiger partial charge in [0.1, 0.15) is 6.04 Å². The second-order valence-corrected chi connectivity index (χ2v) is 7.81. The van der Waals surface area contributed by atoms with E-state index >= 15 is 0 Å². The van der Waals surface area contributed by atoms with Gasteiger partial charge in [-0.05, 0) is 32.9 Å². The number of benzene rings is 1. The Morgan fingerprint density at radius 3 is 2.58 bits per heavy atom. The molecule has 1 atom stereocenters. The second-order valence-electron chi connectivity index (χ2n) is 7.81. The van der Waals surface area contributed by atoms with Crippen molar-refractivity contribution >= 4 is 16.8 Å². The van der Waals surface area contributed by atoms with Crippen LogP contribution in [-0.2, 0) is 9.53 Å². The van der Waals surface area contributed by atoms with E-state index in [9.17, 15) is 9.59 Å². The van der Waals surface area contributed by atoms with Gasteiger partial charge in [-0.2, -0.15) is 10.2 Å². The van der Waals surface area contributed by atoms with E-state index in [1.165, 1.54) is 4.68 Å². The first kappa shape index (κ1) is 21.2. The third-order valence-electron chi connectivity index (χ3n) is 5.72. The van der Waals surface area contributed by atoms with Crippen molar-refractivity contribution in [3.05, 3.63) is 52.1 Å². The molecule has 31 heavy (non-hydrogen) atoms. The number of nitrogens with zero attached hydrogens (tertiary/aromatic N) is 5. The van der Waals surface area contributed by atoms with Crippen LogP contribution in [0.15, 0.2) is 35.1 Å². The number of ether oxygens (including phenoxy) is 1. The monoisotopic (exact) mass is 424 g/mol. The van der Waals surface area contributed by atoms with Crippen molar-refractivity contribution in [1.29, 1.82) is 0 Å². The molecule has 0 saturated carbocycles. The number of fused-ring (bicyclic) bond motifs is 1. The molecular weight excluding hydrogens is 396 g/mol. The summed E-state index contributed by atoms with van der Waals surface area (Å²) in [5, 5.41) is 12.7. The highest BCUT2D eigenvalue weighted by atomic mass is 16.5. The molecule has 164 valence electrons. The number of hydrogen-bond donors (Lipinski definition) is 1. The Morgan fingerprint density at radius 2 is 1.87 bits per heavy atom. The number of aryl methyl sites for hydroxylation is 2. The van der Waals surface area contributed by atoms with Crippen molar-refractivity contribution in [2.24, 2.45) is 0 Å². The van der Waals surface area contributed by atoms with E-state index < -0.39 is 6.04 Å². The third-order valence-corrected chi connectivity index (χ3v) is 5.72. The molecule has 0 spiro atoms. The number of carbonyl (C=O) groups excluding carboxylic acids is 1. The molecule has 9 nitrogen and oxygen atoms in total. The molecule has 0 aliphatic carbocycles. The van der Waals surface area contributed by atoms with Crippen LogP contribution >= 0.6 is 0 Å². The molecule has 1 N–H and O–H groups in total. The Labute approximate surface area is 180 Å². The van der Waals surface area contributed by atoms with Gasteiger partial charge in [0.2, 0.25) is 5.91 Å². The topological polar surface area (TPSA) is 94.3 Å². The minimum absolute atomic E-state index is 0.235. The van der Waals surface area contributed by atoms with E-state index in [1.807, 2.05) is 44.2 Å². The van der Waals surface area contributed by atoms with E-state index in [2.05, 4.69) is 20.4 Å². The van der Waals surface area contributed by atoms with Gasteiger partial charge >= 0.3 is 0 Å². The number of carbonyl (C=O) groups is 1. The summed E-state index contributed by atoms with van der Waals surface area (Å²) in [5.74, 6) is -0.235. The van der Waals surface area contributed by atoms with Crippen molar-refractivity contribution in [2.45, 2.75) is 26.8 Å². The molecular formula is C22H28N6O3. The summed E-state index contributed by atoms with van der Waals surface area (Å²) >= 11 is 0. The Balaban J connectivity index is 1.56. The molecule has 1 aromatic carbocycles. The highest BCUT2D eigenvalue weighted by Crippen LogP contribution is 2.21. The maximum Gasteiger partial charge on any atom is 0.295 e. The minimum Gasteiger partial charge on any atom is -0.379 e. The zero-order chi connectivity index (χ0) is 22.0. The number of para-hydroxylation sites is 1. The van der Waals surface area contributed by atoms with Crippen molar-refractivity contribution in [2.75, 3.05) is 39.4 Å². The SMILES string of the molecule is Cc1nn(C(C)C(=O)NCCN2CCOCC2)c(=O)c2nn(-c3ccccc3)c(C)c12. The fourth-order valence-electron chi connectivity index (χ4n) is 3.95. The maximum atomic E-state index is 13.2. The van der Waals surface area contributed by atoms with Crippen LogP contribution in [0.4, 0.5) is 0 Å². The summed E-state index contributed by atoms with van der Waals surface area (Å²) in [7, 11) is 0. The molecule has 1 saturated heterocycles. The van der Waals surface area contributed by atoms with Gasteiger partial charge in [-0.1, -0.05) is 18.2 Å². The Morgan fingerprint density at radius 1 is 1.16 bits per heavy atom. The van der Waals surface area contributed by atoms with Crippen LogP contribution in [0, 0.1) is 13.8 Å². The predicted molar refractivity (Wildman–Crippen MR) is 118 cm³/mol. The molecule has 3 aromatic rings. The van der Waals surface area contributed by atoms with Gasteiger partial charge in [-0.3, -0.25) is 14.5 Å². The van der Waals surface area contributed by atoms with Crippen molar-refractivity contribution in [3.8, 4) is 5.69 Å². The molecule has 0 bridgehead atoms. The molecule has 3 heterocycles. The largest absolute Gasteiger partial charge is 0.379 e. The Bertz CT molecular complexity index is 1130. The molecule has 1 fully saturated rings.